The summed E-state index contributed by atoms with van der Waals surface area (Å²) < 4.78 is 1.91. The minimum absolute atomic E-state index is 0.403. The molecule has 14 heavy (non-hydrogen) atoms. The Bertz CT molecular complexity index is 395. The molecule has 0 saturated heterocycles. The normalized spacial score (nSPS) is 10.4. The van der Waals surface area contributed by atoms with Gasteiger partial charge in [0.05, 0.1) is 13.1 Å². The van der Waals surface area contributed by atoms with Crippen LogP contribution in [0.3, 0.4) is 0 Å². The molecule has 72 valence electrons. The molecule has 0 bridgehead atoms. The monoisotopic (exact) mass is 189 g/mol. The molecule has 0 aliphatic heterocycles. The lowest BCUT2D eigenvalue weighted by atomic mass is 10.3. The van der Waals surface area contributed by atoms with Crippen LogP contribution in [0.1, 0.15) is 11.4 Å². The second-order valence-corrected chi connectivity index (χ2v) is 2.94. The fourth-order valence-electron chi connectivity index (χ4n) is 1.26. The quantitative estimate of drug-likeness (QED) is 0.747. The summed E-state index contributed by atoms with van der Waals surface area (Å²) in [5.41, 5.74) is 6.62. The highest BCUT2D eigenvalue weighted by Gasteiger charge is 2.01. The fourth-order valence-corrected chi connectivity index (χ4v) is 1.26. The van der Waals surface area contributed by atoms with E-state index in [1.807, 2.05) is 22.9 Å². The Kier molecular flexibility index (Phi) is 2.51. The van der Waals surface area contributed by atoms with Crippen molar-refractivity contribution >= 4 is 0 Å². The summed E-state index contributed by atoms with van der Waals surface area (Å²) in [6, 6.07) is 3.91. The minimum Gasteiger partial charge on any atom is -0.324 e. The summed E-state index contributed by atoms with van der Waals surface area (Å²) in [6.45, 7) is 1.12. The van der Waals surface area contributed by atoms with Crippen molar-refractivity contribution < 1.29 is 0 Å². The van der Waals surface area contributed by atoms with Crippen molar-refractivity contribution in [3.05, 3.63) is 42.2 Å². The molecular formula is C9H11N5. The molecule has 2 aromatic rings. The molecule has 0 aliphatic carbocycles. The van der Waals surface area contributed by atoms with Gasteiger partial charge < -0.3 is 10.3 Å². The molecular weight excluding hydrogens is 178 g/mol. The van der Waals surface area contributed by atoms with Gasteiger partial charge >= 0.3 is 0 Å². The van der Waals surface area contributed by atoms with Gasteiger partial charge in [-0.2, -0.15) is 0 Å². The lowest BCUT2D eigenvalue weighted by Crippen LogP contribution is -2.08. The van der Waals surface area contributed by atoms with Gasteiger partial charge in [-0.05, 0) is 11.6 Å². The van der Waals surface area contributed by atoms with E-state index in [9.17, 15) is 0 Å². The molecule has 0 unspecified atom stereocenters. The van der Waals surface area contributed by atoms with E-state index >= 15 is 0 Å². The van der Waals surface area contributed by atoms with Crippen LogP contribution in [-0.2, 0) is 13.1 Å². The standard InChI is InChI=1S/C9H11N5/c10-4-9-13-12-7-14(9)6-8-2-1-3-11-5-8/h1-3,5,7H,4,6,10H2. The Morgan fingerprint density at radius 3 is 3.07 bits per heavy atom. The molecule has 2 rings (SSSR count). The van der Waals surface area contributed by atoms with E-state index in [2.05, 4.69) is 15.2 Å². The van der Waals surface area contributed by atoms with E-state index < -0.39 is 0 Å². The minimum atomic E-state index is 0.403. The molecule has 0 fully saturated rings. The zero-order chi connectivity index (χ0) is 9.80. The summed E-state index contributed by atoms with van der Waals surface area (Å²) in [4.78, 5) is 4.04. The lowest BCUT2D eigenvalue weighted by Gasteiger charge is -2.03. The van der Waals surface area contributed by atoms with Crippen molar-refractivity contribution in [2.45, 2.75) is 13.1 Å². The van der Waals surface area contributed by atoms with E-state index in [0.717, 1.165) is 11.4 Å². The van der Waals surface area contributed by atoms with Crippen molar-refractivity contribution in [2.75, 3.05) is 0 Å². The summed E-state index contributed by atoms with van der Waals surface area (Å²) in [5, 5.41) is 7.70. The number of nitrogens with zero attached hydrogens (tertiary/aromatic N) is 4. The first-order chi connectivity index (χ1) is 6.90. The van der Waals surface area contributed by atoms with Gasteiger partial charge in [-0.1, -0.05) is 6.07 Å². The third-order valence-corrected chi connectivity index (χ3v) is 1.95. The number of pyridine rings is 1. The fraction of sp³-hybridized carbons (Fsp3) is 0.222. The summed E-state index contributed by atoms with van der Waals surface area (Å²) in [5.74, 6) is 0.786. The van der Waals surface area contributed by atoms with Gasteiger partial charge in [-0.15, -0.1) is 10.2 Å². The Morgan fingerprint density at radius 1 is 1.43 bits per heavy atom. The number of hydrogen-bond acceptors (Lipinski definition) is 4. The number of nitrogens with two attached hydrogens (primary N) is 1. The third-order valence-electron chi connectivity index (χ3n) is 1.95. The van der Waals surface area contributed by atoms with Crippen molar-refractivity contribution in [1.29, 1.82) is 0 Å². The number of hydrogen-bond donors (Lipinski definition) is 1. The van der Waals surface area contributed by atoms with E-state index in [1.165, 1.54) is 0 Å². The smallest absolute Gasteiger partial charge is 0.146 e. The maximum Gasteiger partial charge on any atom is 0.146 e. The van der Waals surface area contributed by atoms with E-state index in [4.69, 9.17) is 5.73 Å². The maximum atomic E-state index is 5.51. The average molecular weight is 189 g/mol. The first kappa shape index (κ1) is 8.83. The number of aromatic nitrogens is 4. The van der Waals surface area contributed by atoms with Crippen molar-refractivity contribution in [2.24, 2.45) is 5.73 Å². The average Bonchev–Trinajstić information content (AvgIpc) is 2.67. The molecule has 0 amide bonds. The van der Waals surface area contributed by atoms with Crippen molar-refractivity contribution in [1.82, 2.24) is 19.7 Å². The van der Waals surface area contributed by atoms with Gasteiger partial charge in [-0.25, -0.2) is 0 Å². The first-order valence-corrected chi connectivity index (χ1v) is 4.36. The second-order valence-electron chi connectivity index (χ2n) is 2.94. The molecule has 0 spiro atoms. The highest BCUT2D eigenvalue weighted by atomic mass is 15.3. The Balaban J connectivity index is 2.19. The van der Waals surface area contributed by atoms with Crippen LogP contribution in [-0.4, -0.2) is 19.7 Å². The largest absolute Gasteiger partial charge is 0.324 e. The Hall–Kier alpha value is -1.75. The molecule has 2 aromatic heterocycles. The molecule has 0 radical (unpaired) electrons. The highest BCUT2D eigenvalue weighted by Crippen LogP contribution is 2.01. The zero-order valence-corrected chi connectivity index (χ0v) is 7.67. The highest BCUT2D eigenvalue weighted by molar-refractivity contribution is 5.09. The van der Waals surface area contributed by atoms with Crippen molar-refractivity contribution in [3.63, 3.8) is 0 Å². The van der Waals surface area contributed by atoms with Crippen LogP contribution in [0.2, 0.25) is 0 Å². The van der Waals surface area contributed by atoms with E-state index in [-0.39, 0.29) is 0 Å². The van der Waals surface area contributed by atoms with Gasteiger partial charge in [0, 0.05) is 12.4 Å². The van der Waals surface area contributed by atoms with Crippen LogP contribution in [0.15, 0.2) is 30.9 Å². The molecule has 0 atom stereocenters. The van der Waals surface area contributed by atoms with E-state index in [0.29, 0.717) is 13.1 Å². The van der Waals surface area contributed by atoms with Gasteiger partial charge in [0.2, 0.25) is 0 Å². The van der Waals surface area contributed by atoms with Gasteiger partial charge in [0.1, 0.15) is 12.2 Å². The SMILES string of the molecule is NCc1nncn1Cc1cccnc1. The van der Waals surface area contributed by atoms with Gasteiger partial charge in [0.15, 0.2) is 0 Å². The van der Waals surface area contributed by atoms with Gasteiger partial charge in [-0.3, -0.25) is 4.98 Å². The van der Waals surface area contributed by atoms with Crippen LogP contribution in [0.5, 0.6) is 0 Å². The molecule has 0 aliphatic rings. The van der Waals surface area contributed by atoms with Crippen molar-refractivity contribution in [3.8, 4) is 0 Å². The van der Waals surface area contributed by atoms with Crippen LogP contribution < -0.4 is 5.73 Å². The third kappa shape index (κ3) is 1.77. The maximum absolute atomic E-state index is 5.51. The molecule has 2 N–H and O–H groups in total. The Labute approximate surface area is 81.6 Å². The second kappa shape index (κ2) is 3.97. The summed E-state index contributed by atoms with van der Waals surface area (Å²) >= 11 is 0. The van der Waals surface area contributed by atoms with Crippen LogP contribution in [0.4, 0.5) is 0 Å². The van der Waals surface area contributed by atoms with Crippen LogP contribution in [0.25, 0.3) is 0 Å². The zero-order valence-electron chi connectivity index (χ0n) is 7.67. The van der Waals surface area contributed by atoms with E-state index in [1.54, 1.807) is 12.5 Å². The predicted octanol–water partition coefficient (Wildman–Crippen LogP) is 0.180. The number of rotatable bonds is 3. The molecule has 0 saturated carbocycles. The first-order valence-electron chi connectivity index (χ1n) is 4.36. The van der Waals surface area contributed by atoms with Crippen LogP contribution >= 0.6 is 0 Å². The lowest BCUT2D eigenvalue weighted by molar-refractivity contribution is 0.722. The van der Waals surface area contributed by atoms with Crippen LogP contribution in [0, 0.1) is 0 Å². The summed E-state index contributed by atoms with van der Waals surface area (Å²) in [7, 11) is 0. The summed E-state index contributed by atoms with van der Waals surface area (Å²) in [6.07, 6.45) is 5.25. The Morgan fingerprint density at radius 2 is 2.36 bits per heavy atom. The van der Waals surface area contributed by atoms with Gasteiger partial charge in [0.25, 0.3) is 0 Å². The topological polar surface area (TPSA) is 69.6 Å². The molecule has 5 nitrogen and oxygen atoms in total. The molecule has 5 heteroatoms. The predicted molar refractivity (Wildman–Crippen MR) is 51.3 cm³/mol. The molecule has 0 aromatic carbocycles. The molecule has 2 heterocycles.